The molecule has 3 rings (SSSR count). The lowest BCUT2D eigenvalue weighted by Crippen LogP contribution is -2.52. The zero-order valence-corrected chi connectivity index (χ0v) is 25.5. The summed E-state index contributed by atoms with van der Waals surface area (Å²) in [5, 5.41) is 18.8. The number of rotatable bonds is 11. The van der Waals surface area contributed by atoms with Gasteiger partial charge >= 0.3 is 6.09 Å². The summed E-state index contributed by atoms with van der Waals surface area (Å²) in [5.41, 5.74) is 0.725. The summed E-state index contributed by atoms with van der Waals surface area (Å²) in [4.78, 5) is 42.4. The Bertz CT molecular complexity index is 1370. The first-order valence-corrected chi connectivity index (χ1v) is 15.2. The van der Waals surface area contributed by atoms with Gasteiger partial charge in [-0.25, -0.2) is 4.79 Å². The van der Waals surface area contributed by atoms with Gasteiger partial charge in [-0.05, 0) is 81.0 Å². The van der Waals surface area contributed by atoms with Gasteiger partial charge in [0.2, 0.25) is 5.91 Å². The molecule has 0 spiro atoms. The summed E-state index contributed by atoms with van der Waals surface area (Å²) in [6.07, 6.45) is 2.12. The molecule has 2 atom stereocenters. The normalized spacial score (nSPS) is 12.8. The standard InChI is InChI=1S/C32H41N3O5S/c1-7-18-35(30(38)26(17-19-41-6)34-31(39)40-32(3,4)5)27(25-14-10-11-21(2)28(25)36)29(37)33-24-16-15-22-12-8-9-13-23(22)20-24/h8-16,20,26-27,36H,7,17-19H2,1-6H3,(H,33,37)(H,34,39). The molecule has 2 unspecified atom stereocenters. The maximum atomic E-state index is 14.2. The number of amides is 3. The number of phenols is 1. The number of hydrogen-bond donors (Lipinski definition) is 3. The molecule has 0 bridgehead atoms. The van der Waals surface area contributed by atoms with E-state index in [0.717, 1.165) is 10.8 Å². The summed E-state index contributed by atoms with van der Waals surface area (Å²) in [7, 11) is 0. The highest BCUT2D eigenvalue weighted by molar-refractivity contribution is 7.98. The van der Waals surface area contributed by atoms with Crippen molar-refractivity contribution in [2.24, 2.45) is 0 Å². The summed E-state index contributed by atoms with van der Waals surface area (Å²) in [5.74, 6) is -0.341. The molecule has 0 fully saturated rings. The first kappa shape index (κ1) is 31.8. The fourth-order valence-corrected chi connectivity index (χ4v) is 5.05. The molecule has 3 amide bonds. The Hall–Kier alpha value is -3.72. The van der Waals surface area contributed by atoms with E-state index in [2.05, 4.69) is 10.6 Å². The molecule has 8 nitrogen and oxygen atoms in total. The molecule has 0 aliphatic heterocycles. The first-order valence-electron chi connectivity index (χ1n) is 13.8. The average molecular weight is 580 g/mol. The highest BCUT2D eigenvalue weighted by Crippen LogP contribution is 2.33. The van der Waals surface area contributed by atoms with Crippen molar-refractivity contribution < 1.29 is 24.2 Å². The minimum absolute atomic E-state index is 0.0548. The number of carbonyl (C=O) groups excluding carboxylic acids is 3. The van der Waals surface area contributed by atoms with Crippen molar-refractivity contribution in [3.05, 3.63) is 71.8 Å². The van der Waals surface area contributed by atoms with Gasteiger partial charge < -0.3 is 25.4 Å². The fraction of sp³-hybridized carbons (Fsp3) is 0.406. The van der Waals surface area contributed by atoms with Crippen molar-refractivity contribution in [1.29, 1.82) is 0 Å². The van der Waals surface area contributed by atoms with Crippen LogP contribution in [0.1, 0.15) is 57.7 Å². The second kappa shape index (κ2) is 14.3. The second-order valence-corrected chi connectivity index (χ2v) is 12.0. The van der Waals surface area contributed by atoms with Crippen molar-refractivity contribution >= 4 is 46.1 Å². The van der Waals surface area contributed by atoms with E-state index in [0.29, 0.717) is 35.4 Å². The van der Waals surface area contributed by atoms with Crippen LogP contribution in [0.5, 0.6) is 5.75 Å². The minimum atomic E-state index is -1.15. The molecule has 9 heteroatoms. The Labute approximate surface area is 246 Å². The molecular formula is C32H41N3O5S. The number of phenolic OH excluding ortho intramolecular Hbond substituents is 1. The number of fused-ring (bicyclic) bond motifs is 1. The number of para-hydroxylation sites is 1. The zero-order valence-electron chi connectivity index (χ0n) is 24.7. The number of aromatic hydroxyl groups is 1. The van der Waals surface area contributed by atoms with Crippen LogP contribution < -0.4 is 10.6 Å². The number of aryl methyl sites for hydroxylation is 1. The lowest BCUT2D eigenvalue weighted by atomic mass is 9.98. The number of nitrogens with zero attached hydrogens (tertiary/aromatic N) is 1. The molecule has 0 radical (unpaired) electrons. The SMILES string of the molecule is CCCN(C(=O)C(CCSC)NC(=O)OC(C)(C)C)C(C(=O)Nc1ccc2ccccc2c1)c1cccc(C)c1O. The highest BCUT2D eigenvalue weighted by atomic mass is 32.2. The molecule has 3 aromatic rings. The largest absolute Gasteiger partial charge is 0.507 e. The van der Waals surface area contributed by atoms with Gasteiger partial charge in [-0.3, -0.25) is 9.59 Å². The van der Waals surface area contributed by atoms with E-state index in [-0.39, 0.29) is 12.3 Å². The number of anilines is 1. The third-order valence-corrected chi connectivity index (χ3v) is 7.13. The van der Waals surface area contributed by atoms with E-state index in [4.69, 9.17) is 4.74 Å². The zero-order chi connectivity index (χ0) is 30.2. The molecular weight excluding hydrogens is 538 g/mol. The van der Waals surface area contributed by atoms with Crippen molar-refractivity contribution in [1.82, 2.24) is 10.2 Å². The van der Waals surface area contributed by atoms with Gasteiger partial charge in [-0.2, -0.15) is 11.8 Å². The maximum Gasteiger partial charge on any atom is 0.408 e. The summed E-state index contributed by atoms with van der Waals surface area (Å²) in [6, 6.07) is 16.5. The molecule has 0 heterocycles. The Balaban J connectivity index is 2.03. The molecule has 3 N–H and O–H groups in total. The molecule has 3 aromatic carbocycles. The van der Waals surface area contributed by atoms with Gasteiger partial charge in [0, 0.05) is 17.8 Å². The fourth-order valence-electron chi connectivity index (χ4n) is 4.58. The Morgan fingerprint density at radius 3 is 2.39 bits per heavy atom. The van der Waals surface area contributed by atoms with Crippen LogP contribution in [0, 0.1) is 6.92 Å². The Morgan fingerprint density at radius 1 is 1.02 bits per heavy atom. The van der Waals surface area contributed by atoms with Crippen LogP contribution in [0.15, 0.2) is 60.7 Å². The molecule has 0 aliphatic carbocycles. The van der Waals surface area contributed by atoms with Crippen molar-refractivity contribution in [3.63, 3.8) is 0 Å². The van der Waals surface area contributed by atoms with Crippen molar-refractivity contribution in [2.75, 3.05) is 23.9 Å². The summed E-state index contributed by atoms with van der Waals surface area (Å²) < 4.78 is 5.43. The van der Waals surface area contributed by atoms with Gasteiger partial charge in [0.1, 0.15) is 23.4 Å². The lowest BCUT2D eigenvalue weighted by Gasteiger charge is -2.34. The summed E-state index contributed by atoms with van der Waals surface area (Å²) >= 11 is 1.55. The van der Waals surface area contributed by atoms with Crippen LogP contribution in [-0.4, -0.2) is 58.1 Å². The second-order valence-electron chi connectivity index (χ2n) is 11.0. The Morgan fingerprint density at radius 2 is 1.73 bits per heavy atom. The first-order chi connectivity index (χ1) is 19.4. The quantitative estimate of drug-likeness (QED) is 0.242. The van der Waals surface area contributed by atoms with Crippen LogP contribution in [-0.2, 0) is 14.3 Å². The van der Waals surface area contributed by atoms with Crippen LogP contribution in [0.3, 0.4) is 0 Å². The van der Waals surface area contributed by atoms with Crippen molar-refractivity contribution in [3.8, 4) is 5.75 Å². The predicted molar refractivity (Wildman–Crippen MR) is 166 cm³/mol. The van der Waals surface area contributed by atoms with E-state index in [1.807, 2.05) is 55.6 Å². The van der Waals surface area contributed by atoms with Gasteiger partial charge in [0.05, 0.1) is 0 Å². The lowest BCUT2D eigenvalue weighted by molar-refractivity contribution is -0.140. The van der Waals surface area contributed by atoms with Crippen LogP contribution in [0.2, 0.25) is 0 Å². The predicted octanol–water partition coefficient (Wildman–Crippen LogP) is 6.42. The molecule has 0 aromatic heterocycles. The van der Waals surface area contributed by atoms with Gasteiger partial charge in [-0.15, -0.1) is 0 Å². The highest BCUT2D eigenvalue weighted by Gasteiger charge is 2.37. The molecule has 220 valence electrons. The third kappa shape index (κ3) is 8.63. The maximum absolute atomic E-state index is 14.2. The smallest absolute Gasteiger partial charge is 0.408 e. The van der Waals surface area contributed by atoms with E-state index >= 15 is 0 Å². The van der Waals surface area contributed by atoms with Crippen LogP contribution >= 0.6 is 11.8 Å². The monoisotopic (exact) mass is 579 g/mol. The third-order valence-electron chi connectivity index (χ3n) is 6.49. The molecule has 0 saturated heterocycles. The number of benzene rings is 3. The summed E-state index contributed by atoms with van der Waals surface area (Å²) in [6.45, 7) is 9.14. The van der Waals surface area contributed by atoms with Gasteiger partial charge in [-0.1, -0.05) is 55.5 Å². The number of ether oxygens (including phenoxy) is 1. The van der Waals surface area contributed by atoms with Gasteiger partial charge in [0.15, 0.2) is 0 Å². The van der Waals surface area contributed by atoms with Crippen LogP contribution in [0.25, 0.3) is 10.8 Å². The number of carbonyl (C=O) groups is 3. The average Bonchev–Trinajstić information content (AvgIpc) is 2.91. The van der Waals surface area contributed by atoms with E-state index in [1.54, 1.807) is 57.7 Å². The van der Waals surface area contributed by atoms with Gasteiger partial charge in [0.25, 0.3) is 5.91 Å². The van der Waals surface area contributed by atoms with Crippen LogP contribution in [0.4, 0.5) is 10.5 Å². The number of hydrogen-bond acceptors (Lipinski definition) is 6. The molecule has 0 saturated carbocycles. The molecule has 0 aliphatic rings. The topological polar surface area (TPSA) is 108 Å². The number of alkyl carbamates (subject to hydrolysis) is 1. The van der Waals surface area contributed by atoms with E-state index in [9.17, 15) is 19.5 Å². The minimum Gasteiger partial charge on any atom is -0.507 e. The van der Waals surface area contributed by atoms with E-state index in [1.165, 1.54) is 4.90 Å². The number of thioether (sulfide) groups is 1. The molecule has 41 heavy (non-hydrogen) atoms. The number of nitrogens with one attached hydrogen (secondary N) is 2. The Kier molecular flexibility index (Phi) is 11.1. The van der Waals surface area contributed by atoms with E-state index < -0.39 is 35.6 Å². The van der Waals surface area contributed by atoms with Crippen molar-refractivity contribution in [2.45, 2.75) is 65.1 Å².